The van der Waals surface area contributed by atoms with Gasteiger partial charge in [0.1, 0.15) is 6.10 Å². The van der Waals surface area contributed by atoms with Crippen molar-refractivity contribution in [3.05, 3.63) is 29.8 Å². The average Bonchev–Trinajstić information content (AvgIpc) is 2.54. The molecule has 1 atom stereocenters. The highest BCUT2D eigenvalue weighted by atomic mass is 32.2. The van der Waals surface area contributed by atoms with Crippen LogP contribution in [-0.4, -0.2) is 41.8 Å². The molecule has 1 N–H and O–H groups in total. The van der Waals surface area contributed by atoms with E-state index in [4.69, 9.17) is 0 Å². The minimum Gasteiger partial charge on any atom is -0.383 e. The van der Waals surface area contributed by atoms with Gasteiger partial charge in [0.2, 0.25) is 10.0 Å². The van der Waals surface area contributed by atoms with Gasteiger partial charge in [-0.15, -0.1) is 0 Å². The Morgan fingerprint density at radius 2 is 1.79 bits per heavy atom. The van der Waals surface area contributed by atoms with Crippen molar-refractivity contribution in [3.8, 4) is 0 Å². The van der Waals surface area contributed by atoms with Gasteiger partial charge in [0.05, 0.1) is 17.0 Å². The van der Waals surface area contributed by atoms with Crippen molar-refractivity contribution in [1.82, 2.24) is 4.31 Å². The number of aliphatic hydroxyl groups is 1. The Kier molecular flexibility index (Phi) is 3.28. The molecule has 0 aliphatic carbocycles. The molecule has 0 unspecified atom stereocenters. The normalized spacial score (nSPS) is 23.8. The summed E-state index contributed by atoms with van der Waals surface area (Å²) in [7, 11) is -3.78. The number of aliphatic hydroxyl groups excluding tert-OH is 1. The molecular weight excluding hydrogens is 266 g/mol. The van der Waals surface area contributed by atoms with Gasteiger partial charge in [-0.05, 0) is 32.9 Å². The van der Waals surface area contributed by atoms with Crippen molar-refractivity contribution >= 4 is 15.8 Å². The molecule has 1 fully saturated rings. The van der Waals surface area contributed by atoms with Gasteiger partial charge in [-0.1, -0.05) is 17.7 Å². The number of sulfonamides is 1. The van der Waals surface area contributed by atoms with Crippen molar-refractivity contribution in [2.24, 2.45) is 0 Å². The number of aryl methyl sites for hydroxylation is 1. The molecule has 1 aromatic carbocycles. The first-order valence-electron chi connectivity index (χ1n) is 5.97. The maximum Gasteiger partial charge on any atom is 0.244 e. The van der Waals surface area contributed by atoms with E-state index in [2.05, 4.69) is 0 Å². The lowest BCUT2D eigenvalue weighted by Gasteiger charge is -2.31. The molecule has 6 heteroatoms. The smallest absolute Gasteiger partial charge is 0.244 e. The van der Waals surface area contributed by atoms with E-state index in [-0.39, 0.29) is 11.4 Å². The second-order valence-electron chi connectivity index (χ2n) is 5.35. The maximum atomic E-state index is 12.5. The zero-order valence-electron chi connectivity index (χ0n) is 11.1. The topological polar surface area (TPSA) is 74.7 Å². The highest BCUT2D eigenvalue weighted by Crippen LogP contribution is 2.32. The summed E-state index contributed by atoms with van der Waals surface area (Å²) in [6.45, 7) is 4.68. The summed E-state index contributed by atoms with van der Waals surface area (Å²) in [5, 5.41) is 9.79. The number of hydrogen-bond donors (Lipinski definition) is 1. The minimum absolute atomic E-state index is 0.132. The predicted octanol–water partition coefficient (Wildman–Crippen LogP) is 0.708. The van der Waals surface area contributed by atoms with Gasteiger partial charge >= 0.3 is 0 Å². The van der Waals surface area contributed by atoms with Gasteiger partial charge in [-0.2, -0.15) is 4.31 Å². The molecule has 1 aliphatic heterocycles. The Bertz CT molecular complexity index is 604. The Hall–Kier alpha value is -1.24. The fraction of sp³-hybridized carbons (Fsp3) is 0.462. The van der Waals surface area contributed by atoms with Crippen molar-refractivity contribution in [2.75, 3.05) is 6.54 Å². The summed E-state index contributed by atoms with van der Waals surface area (Å²) in [4.78, 5) is 11.7. The molecule has 5 nitrogen and oxygen atoms in total. The van der Waals surface area contributed by atoms with Crippen molar-refractivity contribution in [3.63, 3.8) is 0 Å². The van der Waals surface area contributed by atoms with Crippen LogP contribution in [0.1, 0.15) is 19.4 Å². The summed E-state index contributed by atoms with van der Waals surface area (Å²) in [6, 6.07) is 6.42. The number of benzene rings is 1. The molecule has 0 bridgehead atoms. The monoisotopic (exact) mass is 283 g/mol. The molecular formula is C13H17NO4S. The molecule has 19 heavy (non-hydrogen) atoms. The van der Waals surface area contributed by atoms with E-state index >= 15 is 0 Å². The third kappa shape index (κ3) is 2.20. The minimum atomic E-state index is -3.78. The third-order valence-electron chi connectivity index (χ3n) is 3.53. The molecule has 0 aromatic heterocycles. The van der Waals surface area contributed by atoms with Crippen LogP contribution in [0.25, 0.3) is 0 Å². The summed E-state index contributed by atoms with van der Waals surface area (Å²) in [5.41, 5.74) is -0.170. The largest absolute Gasteiger partial charge is 0.383 e. The molecule has 1 heterocycles. The molecule has 0 saturated carbocycles. The van der Waals surface area contributed by atoms with E-state index in [1.807, 2.05) is 6.92 Å². The van der Waals surface area contributed by atoms with Crippen LogP contribution in [0.4, 0.5) is 0 Å². The second kappa shape index (κ2) is 4.40. The van der Waals surface area contributed by atoms with Crippen molar-refractivity contribution < 1.29 is 18.3 Å². The molecule has 104 valence electrons. The SMILES string of the molecule is Cc1ccc(S(=O)(=O)N2CC(=O)[C@@H](O)C2(C)C)cc1. The van der Waals surface area contributed by atoms with Crippen LogP contribution >= 0.6 is 0 Å². The quantitative estimate of drug-likeness (QED) is 0.867. The lowest BCUT2D eigenvalue weighted by Crippen LogP contribution is -2.48. The molecule has 1 aromatic rings. The van der Waals surface area contributed by atoms with Gasteiger partial charge in [0.25, 0.3) is 0 Å². The number of carbonyl (C=O) groups excluding carboxylic acids is 1. The number of carbonyl (C=O) groups is 1. The predicted molar refractivity (Wildman–Crippen MR) is 70.2 cm³/mol. The lowest BCUT2D eigenvalue weighted by atomic mass is 10.00. The first kappa shape index (κ1) is 14.2. The van der Waals surface area contributed by atoms with E-state index in [9.17, 15) is 18.3 Å². The van der Waals surface area contributed by atoms with Crippen LogP contribution < -0.4 is 0 Å². The van der Waals surface area contributed by atoms with Gasteiger partial charge in [-0.3, -0.25) is 4.79 Å². The van der Waals surface area contributed by atoms with Gasteiger partial charge < -0.3 is 5.11 Å². The molecule has 2 rings (SSSR count). The van der Waals surface area contributed by atoms with Gasteiger partial charge in [0.15, 0.2) is 5.78 Å². The first-order chi connectivity index (χ1) is 8.67. The van der Waals surface area contributed by atoms with E-state index in [0.717, 1.165) is 9.87 Å². The highest BCUT2D eigenvalue weighted by molar-refractivity contribution is 7.89. The van der Waals surface area contributed by atoms with E-state index in [1.165, 1.54) is 12.1 Å². The Balaban J connectivity index is 2.46. The first-order valence-corrected chi connectivity index (χ1v) is 7.41. The standard InChI is InChI=1S/C13H17NO4S/c1-9-4-6-10(7-5-9)19(17,18)14-8-11(15)12(16)13(14,2)3/h4-7,12,16H,8H2,1-3H3/t12-/m1/s1. The maximum absolute atomic E-state index is 12.5. The van der Waals surface area contributed by atoms with Crippen LogP contribution in [0.15, 0.2) is 29.2 Å². The van der Waals surface area contributed by atoms with E-state index < -0.39 is 27.4 Å². The summed E-state index contributed by atoms with van der Waals surface area (Å²) in [6.07, 6.45) is -1.28. The number of ketones is 1. The van der Waals surface area contributed by atoms with Crippen molar-refractivity contribution in [1.29, 1.82) is 0 Å². The van der Waals surface area contributed by atoms with Crippen LogP contribution in [0, 0.1) is 6.92 Å². The number of nitrogens with zero attached hydrogens (tertiary/aromatic N) is 1. The zero-order chi connectivity index (χ0) is 14.4. The van der Waals surface area contributed by atoms with Gasteiger partial charge in [0, 0.05) is 0 Å². The third-order valence-corrected chi connectivity index (χ3v) is 5.57. The van der Waals surface area contributed by atoms with Crippen LogP contribution in [0.2, 0.25) is 0 Å². The fourth-order valence-electron chi connectivity index (χ4n) is 2.19. The zero-order valence-corrected chi connectivity index (χ0v) is 11.9. The van der Waals surface area contributed by atoms with Crippen LogP contribution in [0.5, 0.6) is 0 Å². The number of rotatable bonds is 2. The molecule has 0 spiro atoms. The summed E-state index contributed by atoms with van der Waals surface area (Å²) in [5.74, 6) is -0.472. The number of hydrogen-bond acceptors (Lipinski definition) is 4. The Morgan fingerprint density at radius 1 is 1.26 bits per heavy atom. The van der Waals surface area contributed by atoms with Gasteiger partial charge in [-0.25, -0.2) is 8.42 Å². The molecule has 0 radical (unpaired) electrons. The fourth-order valence-corrected chi connectivity index (χ4v) is 3.95. The average molecular weight is 283 g/mol. The molecule has 1 saturated heterocycles. The Labute approximate surface area is 112 Å². The van der Waals surface area contributed by atoms with Crippen LogP contribution in [-0.2, 0) is 14.8 Å². The summed E-state index contributed by atoms with van der Waals surface area (Å²) < 4.78 is 26.1. The van der Waals surface area contributed by atoms with E-state index in [1.54, 1.807) is 26.0 Å². The number of Topliss-reactive ketones (excluding diaryl/α,β-unsaturated/α-hetero) is 1. The molecule has 1 aliphatic rings. The highest BCUT2D eigenvalue weighted by Gasteiger charge is 2.51. The van der Waals surface area contributed by atoms with E-state index in [0.29, 0.717) is 0 Å². The molecule has 0 amide bonds. The second-order valence-corrected chi connectivity index (χ2v) is 7.21. The lowest BCUT2D eigenvalue weighted by molar-refractivity contribution is -0.124. The van der Waals surface area contributed by atoms with Crippen molar-refractivity contribution in [2.45, 2.75) is 37.3 Å². The Morgan fingerprint density at radius 3 is 2.21 bits per heavy atom. The van der Waals surface area contributed by atoms with Crippen LogP contribution in [0.3, 0.4) is 0 Å². The summed E-state index contributed by atoms with van der Waals surface area (Å²) >= 11 is 0.